The van der Waals surface area contributed by atoms with E-state index in [4.69, 9.17) is 4.74 Å². The first-order chi connectivity index (χ1) is 11.9. The van der Waals surface area contributed by atoms with Crippen LogP contribution in [0, 0.1) is 0 Å². The van der Waals surface area contributed by atoms with Crippen molar-refractivity contribution >= 4 is 35.2 Å². The Labute approximate surface area is 142 Å². The van der Waals surface area contributed by atoms with Crippen LogP contribution in [-0.4, -0.2) is 54.2 Å². The largest absolute Gasteiger partial charge is 0.375 e. The van der Waals surface area contributed by atoms with Crippen LogP contribution in [0.15, 0.2) is 18.2 Å². The molecule has 2 N–H and O–H groups in total. The number of nitrogens with one attached hydrogen (secondary N) is 2. The van der Waals surface area contributed by atoms with Crippen molar-refractivity contribution in [3.05, 3.63) is 29.3 Å². The molecule has 0 aliphatic carbocycles. The zero-order valence-corrected chi connectivity index (χ0v) is 13.3. The monoisotopic (exact) mass is 345 g/mol. The average Bonchev–Trinajstić information content (AvgIpc) is 2.81. The second kappa shape index (κ2) is 6.44. The van der Waals surface area contributed by atoms with Crippen molar-refractivity contribution in [1.29, 1.82) is 0 Å². The summed E-state index contributed by atoms with van der Waals surface area (Å²) >= 11 is 0. The van der Waals surface area contributed by atoms with Crippen LogP contribution in [0.5, 0.6) is 0 Å². The summed E-state index contributed by atoms with van der Waals surface area (Å²) in [7, 11) is 1.36. The highest BCUT2D eigenvalue weighted by molar-refractivity contribution is 6.26. The minimum atomic E-state index is -1.05. The van der Waals surface area contributed by atoms with Crippen LogP contribution in [-0.2, 0) is 19.1 Å². The predicted molar refractivity (Wildman–Crippen MR) is 83.6 cm³/mol. The first kappa shape index (κ1) is 16.8. The lowest BCUT2D eigenvalue weighted by Gasteiger charge is -2.27. The highest BCUT2D eigenvalue weighted by atomic mass is 16.5. The minimum Gasteiger partial charge on any atom is -0.375 e. The van der Waals surface area contributed by atoms with Gasteiger partial charge in [-0.05, 0) is 18.6 Å². The Morgan fingerprint density at radius 3 is 2.72 bits per heavy atom. The molecule has 9 nitrogen and oxygen atoms in total. The maximum atomic E-state index is 12.8. The third kappa shape index (κ3) is 2.89. The number of carbonyl (C=O) groups excluding carboxylic acids is 5. The van der Waals surface area contributed by atoms with Gasteiger partial charge in [0.15, 0.2) is 0 Å². The van der Waals surface area contributed by atoms with Crippen molar-refractivity contribution < 1.29 is 28.7 Å². The third-order valence-corrected chi connectivity index (χ3v) is 4.02. The van der Waals surface area contributed by atoms with E-state index in [2.05, 4.69) is 10.6 Å². The molecule has 130 valence electrons. The fourth-order valence-corrected chi connectivity index (χ4v) is 2.94. The van der Waals surface area contributed by atoms with Gasteiger partial charge in [-0.25, -0.2) is 0 Å². The molecule has 1 atom stereocenters. The second-order valence-corrected chi connectivity index (χ2v) is 5.66. The number of anilines is 1. The van der Waals surface area contributed by atoms with Crippen LogP contribution in [0.2, 0.25) is 0 Å². The van der Waals surface area contributed by atoms with Gasteiger partial charge in [-0.2, -0.15) is 0 Å². The minimum absolute atomic E-state index is 0.0293. The van der Waals surface area contributed by atoms with Crippen LogP contribution in [0.4, 0.5) is 5.69 Å². The molecule has 1 fully saturated rings. The molecular weight excluding hydrogens is 330 g/mol. The number of ether oxygens (including phenoxy) is 1. The quantitative estimate of drug-likeness (QED) is 0.721. The number of methoxy groups -OCH3 is 1. The molecule has 0 saturated carbocycles. The molecule has 5 amide bonds. The third-order valence-electron chi connectivity index (χ3n) is 4.02. The predicted octanol–water partition coefficient (Wildman–Crippen LogP) is -0.327. The summed E-state index contributed by atoms with van der Waals surface area (Å²) in [6, 6.07) is 3.42. The van der Waals surface area contributed by atoms with Crippen molar-refractivity contribution in [2.45, 2.75) is 18.9 Å². The summed E-state index contributed by atoms with van der Waals surface area (Å²) in [5, 5.41) is 4.65. The van der Waals surface area contributed by atoms with Gasteiger partial charge in [-0.15, -0.1) is 0 Å². The van der Waals surface area contributed by atoms with Crippen molar-refractivity contribution in [3.8, 4) is 0 Å². The molecule has 2 aliphatic heterocycles. The van der Waals surface area contributed by atoms with Gasteiger partial charge in [0.25, 0.3) is 11.8 Å². The lowest BCUT2D eigenvalue weighted by Crippen LogP contribution is -2.54. The smallest absolute Gasteiger partial charge is 0.264 e. The van der Waals surface area contributed by atoms with Gasteiger partial charge in [-0.1, -0.05) is 6.07 Å². The van der Waals surface area contributed by atoms with Crippen molar-refractivity contribution in [2.75, 3.05) is 19.0 Å². The maximum absolute atomic E-state index is 12.8. The molecule has 1 aromatic carbocycles. The van der Waals surface area contributed by atoms with E-state index < -0.39 is 35.6 Å². The number of benzene rings is 1. The summed E-state index contributed by atoms with van der Waals surface area (Å²) in [6.07, 6.45) is 0.114. The van der Waals surface area contributed by atoms with Crippen LogP contribution in [0.1, 0.15) is 33.6 Å². The first-order valence-electron chi connectivity index (χ1n) is 7.57. The van der Waals surface area contributed by atoms with E-state index in [-0.39, 0.29) is 36.3 Å². The fraction of sp³-hybridized carbons (Fsp3) is 0.312. The topological polar surface area (TPSA) is 122 Å². The Kier molecular flexibility index (Phi) is 4.32. The number of fused-ring (bicyclic) bond motifs is 1. The molecule has 0 unspecified atom stereocenters. The standard InChI is InChI=1S/C16H15N3O6/c1-25-7-12(21)17-9-4-2-3-8-13(9)16(24)19(15(8)23)10-5-6-11(20)18-14(10)22/h2-4,10H,5-7H2,1H3,(H,17,21)(H,18,20,22)/t10-/m0/s1. The Morgan fingerprint density at radius 1 is 1.28 bits per heavy atom. The average molecular weight is 345 g/mol. The highest BCUT2D eigenvalue weighted by Gasteiger charge is 2.45. The van der Waals surface area contributed by atoms with Gasteiger partial charge in [-0.3, -0.25) is 34.2 Å². The van der Waals surface area contributed by atoms with Gasteiger partial charge in [0, 0.05) is 13.5 Å². The number of piperidine rings is 1. The summed E-state index contributed by atoms with van der Waals surface area (Å²) in [4.78, 5) is 61.2. The Balaban J connectivity index is 1.93. The molecule has 25 heavy (non-hydrogen) atoms. The van der Waals surface area contributed by atoms with E-state index in [0.29, 0.717) is 0 Å². The lowest BCUT2D eigenvalue weighted by atomic mass is 10.0. The summed E-state index contributed by atoms with van der Waals surface area (Å²) < 4.78 is 4.72. The molecule has 0 aromatic heterocycles. The van der Waals surface area contributed by atoms with Gasteiger partial charge >= 0.3 is 0 Å². The molecule has 1 saturated heterocycles. The molecule has 0 spiro atoms. The number of carbonyl (C=O) groups is 5. The maximum Gasteiger partial charge on any atom is 0.264 e. The van der Waals surface area contributed by atoms with E-state index >= 15 is 0 Å². The number of rotatable bonds is 4. The SMILES string of the molecule is COCC(=O)Nc1cccc2c1C(=O)N([C@H]1CCC(=O)NC1=O)C2=O. The molecule has 1 aromatic rings. The zero-order valence-electron chi connectivity index (χ0n) is 13.3. The van der Waals surface area contributed by atoms with Gasteiger partial charge in [0.1, 0.15) is 12.6 Å². The number of hydrogen-bond donors (Lipinski definition) is 2. The second-order valence-electron chi connectivity index (χ2n) is 5.66. The van der Waals surface area contributed by atoms with E-state index in [1.807, 2.05) is 0 Å². The van der Waals surface area contributed by atoms with Crippen molar-refractivity contribution in [2.24, 2.45) is 0 Å². The van der Waals surface area contributed by atoms with Crippen molar-refractivity contribution in [3.63, 3.8) is 0 Å². The van der Waals surface area contributed by atoms with E-state index in [0.717, 1.165) is 4.90 Å². The van der Waals surface area contributed by atoms with Gasteiger partial charge < -0.3 is 10.1 Å². The Morgan fingerprint density at radius 2 is 2.04 bits per heavy atom. The zero-order chi connectivity index (χ0) is 18.1. The first-order valence-corrected chi connectivity index (χ1v) is 7.57. The fourth-order valence-electron chi connectivity index (χ4n) is 2.94. The van der Waals surface area contributed by atoms with Crippen LogP contribution < -0.4 is 10.6 Å². The summed E-state index contributed by atoms with van der Waals surface area (Å²) in [5.74, 6) is -2.91. The van der Waals surface area contributed by atoms with E-state index in [1.165, 1.54) is 25.3 Å². The number of imide groups is 2. The van der Waals surface area contributed by atoms with E-state index in [9.17, 15) is 24.0 Å². The number of amides is 5. The Bertz CT molecular complexity index is 803. The number of hydrogen-bond acceptors (Lipinski definition) is 6. The normalized spacial score (nSPS) is 19.7. The number of nitrogens with zero attached hydrogens (tertiary/aromatic N) is 1. The van der Waals surface area contributed by atoms with Crippen LogP contribution in [0.3, 0.4) is 0 Å². The lowest BCUT2D eigenvalue weighted by molar-refractivity contribution is -0.136. The molecule has 2 aliphatic rings. The van der Waals surface area contributed by atoms with Gasteiger partial charge in [0.2, 0.25) is 17.7 Å². The Hall–Kier alpha value is -3.07. The summed E-state index contributed by atoms with van der Waals surface area (Å²) in [5.41, 5.74) is 0.305. The molecule has 3 rings (SSSR count). The van der Waals surface area contributed by atoms with Crippen molar-refractivity contribution in [1.82, 2.24) is 10.2 Å². The van der Waals surface area contributed by atoms with Gasteiger partial charge in [0.05, 0.1) is 16.8 Å². The molecule has 0 radical (unpaired) electrons. The van der Waals surface area contributed by atoms with E-state index in [1.54, 1.807) is 0 Å². The molecule has 9 heteroatoms. The highest BCUT2D eigenvalue weighted by Crippen LogP contribution is 2.32. The molecular formula is C16H15N3O6. The van der Waals surface area contributed by atoms with Crippen LogP contribution in [0.25, 0.3) is 0 Å². The van der Waals surface area contributed by atoms with Crippen LogP contribution >= 0.6 is 0 Å². The molecule has 0 bridgehead atoms. The molecule has 2 heterocycles. The summed E-state index contributed by atoms with van der Waals surface area (Å²) in [6.45, 7) is -0.206.